The number of hydrogen-bond acceptors (Lipinski definition) is 2. The second kappa shape index (κ2) is 6.22. The van der Waals surface area contributed by atoms with E-state index in [0.717, 1.165) is 11.4 Å². The van der Waals surface area contributed by atoms with Crippen LogP contribution in [0.5, 0.6) is 17.2 Å². The summed E-state index contributed by atoms with van der Waals surface area (Å²) in [6.07, 6.45) is 0. The molecule has 0 radical (unpaired) electrons. The van der Waals surface area contributed by atoms with Crippen LogP contribution in [0.4, 0.5) is 0 Å². The second-order valence-corrected chi connectivity index (χ2v) is 6.46. The predicted octanol–water partition coefficient (Wildman–Crippen LogP) is 6.28. The lowest BCUT2D eigenvalue weighted by Crippen LogP contribution is -1.93. The van der Waals surface area contributed by atoms with Crippen LogP contribution < -0.4 is 4.74 Å². The molecule has 5 aromatic rings. The van der Waals surface area contributed by atoms with Crippen LogP contribution in [0.1, 0.15) is 0 Å². The molecule has 0 aliphatic heterocycles. The Balaban J connectivity index is 1.57. The van der Waals surface area contributed by atoms with Crippen molar-refractivity contribution in [1.29, 1.82) is 0 Å². The van der Waals surface area contributed by atoms with Gasteiger partial charge in [-0.1, -0.05) is 36.4 Å². The third-order valence-corrected chi connectivity index (χ3v) is 4.75. The molecule has 3 heteroatoms. The standard InChI is InChI=1S/C24H17NO2/c26-18-11-15-20(16-12-18)27-19-13-9-17(10-14-19)25-23-7-3-1-5-21(23)22-6-2-4-8-24(22)25/h1-16,26H. The van der Waals surface area contributed by atoms with Crippen LogP contribution in [-0.2, 0) is 0 Å². The van der Waals surface area contributed by atoms with E-state index in [9.17, 15) is 5.11 Å². The lowest BCUT2D eigenvalue weighted by Gasteiger charge is -2.10. The van der Waals surface area contributed by atoms with Gasteiger partial charge in [0.25, 0.3) is 0 Å². The third-order valence-electron chi connectivity index (χ3n) is 4.75. The molecule has 0 unspecified atom stereocenters. The van der Waals surface area contributed by atoms with Crippen LogP contribution in [0.25, 0.3) is 27.5 Å². The first-order valence-corrected chi connectivity index (χ1v) is 8.85. The van der Waals surface area contributed by atoms with E-state index in [-0.39, 0.29) is 5.75 Å². The first kappa shape index (κ1) is 15.5. The maximum Gasteiger partial charge on any atom is 0.127 e. The average molecular weight is 351 g/mol. The summed E-state index contributed by atoms with van der Waals surface area (Å²) in [4.78, 5) is 0. The van der Waals surface area contributed by atoms with Crippen molar-refractivity contribution in [2.75, 3.05) is 0 Å². The van der Waals surface area contributed by atoms with Crippen molar-refractivity contribution in [3.05, 3.63) is 97.1 Å². The minimum absolute atomic E-state index is 0.226. The number of nitrogens with zero attached hydrogens (tertiary/aromatic N) is 1. The number of aromatic hydroxyl groups is 1. The van der Waals surface area contributed by atoms with E-state index >= 15 is 0 Å². The highest BCUT2D eigenvalue weighted by molar-refractivity contribution is 6.09. The largest absolute Gasteiger partial charge is 0.508 e. The van der Waals surface area contributed by atoms with E-state index < -0.39 is 0 Å². The molecule has 0 amide bonds. The van der Waals surface area contributed by atoms with E-state index in [2.05, 4.69) is 65.2 Å². The van der Waals surface area contributed by atoms with Gasteiger partial charge in [0.05, 0.1) is 11.0 Å². The minimum Gasteiger partial charge on any atom is -0.508 e. The number of fused-ring (bicyclic) bond motifs is 3. The molecular weight excluding hydrogens is 334 g/mol. The summed E-state index contributed by atoms with van der Waals surface area (Å²) in [6.45, 7) is 0. The van der Waals surface area contributed by atoms with Crippen LogP contribution in [0.15, 0.2) is 97.1 Å². The minimum atomic E-state index is 0.226. The van der Waals surface area contributed by atoms with Crippen LogP contribution in [-0.4, -0.2) is 9.67 Å². The fourth-order valence-electron chi connectivity index (χ4n) is 3.51. The number of hydrogen-bond donors (Lipinski definition) is 1. The normalized spacial score (nSPS) is 11.1. The van der Waals surface area contributed by atoms with Gasteiger partial charge >= 0.3 is 0 Å². The molecule has 1 heterocycles. The van der Waals surface area contributed by atoms with Crippen LogP contribution in [0, 0.1) is 0 Å². The van der Waals surface area contributed by atoms with Gasteiger partial charge < -0.3 is 14.4 Å². The molecule has 0 fully saturated rings. The topological polar surface area (TPSA) is 34.4 Å². The van der Waals surface area contributed by atoms with Crippen molar-refractivity contribution >= 4 is 21.8 Å². The number of phenols is 1. The van der Waals surface area contributed by atoms with E-state index in [1.54, 1.807) is 24.3 Å². The molecule has 27 heavy (non-hydrogen) atoms. The summed E-state index contributed by atoms with van der Waals surface area (Å²) in [6, 6.07) is 31.7. The monoisotopic (exact) mass is 351 g/mol. The van der Waals surface area contributed by atoms with Gasteiger partial charge in [0.2, 0.25) is 0 Å². The SMILES string of the molecule is Oc1ccc(Oc2ccc(-n3c4ccccc4c4ccccc43)cc2)cc1. The summed E-state index contributed by atoms with van der Waals surface area (Å²) in [5.74, 6) is 1.67. The smallest absolute Gasteiger partial charge is 0.127 e. The van der Waals surface area contributed by atoms with E-state index in [4.69, 9.17) is 4.74 Å². The lowest BCUT2D eigenvalue weighted by molar-refractivity contribution is 0.464. The predicted molar refractivity (Wildman–Crippen MR) is 109 cm³/mol. The first-order valence-electron chi connectivity index (χ1n) is 8.85. The number of benzene rings is 4. The Labute approximate surface area is 156 Å². The second-order valence-electron chi connectivity index (χ2n) is 6.46. The maximum absolute atomic E-state index is 9.38. The maximum atomic E-state index is 9.38. The van der Waals surface area contributed by atoms with Gasteiger partial charge in [0.1, 0.15) is 17.2 Å². The Morgan fingerprint density at radius 3 is 1.59 bits per heavy atom. The molecule has 5 rings (SSSR count). The van der Waals surface area contributed by atoms with Gasteiger partial charge in [-0.3, -0.25) is 0 Å². The zero-order chi connectivity index (χ0) is 18.2. The van der Waals surface area contributed by atoms with Crippen molar-refractivity contribution < 1.29 is 9.84 Å². The zero-order valence-electron chi connectivity index (χ0n) is 14.5. The highest BCUT2D eigenvalue weighted by Gasteiger charge is 2.11. The fourth-order valence-corrected chi connectivity index (χ4v) is 3.51. The molecular formula is C24H17NO2. The third kappa shape index (κ3) is 2.70. The Hall–Kier alpha value is -3.72. The van der Waals surface area contributed by atoms with Gasteiger partial charge in [-0.25, -0.2) is 0 Å². The van der Waals surface area contributed by atoms with Crippen molar-refractivity contribution in [1.82, 2.24) is 4.57 Å². The van der Waals surface area contributed by atoms with Crippen molar-refractivity contribution in [2.24, 2.45) is 0 Å². The first-order chi connectivity index (χ1) is 13.3. The summed E-state index contributed by atoms with van der Waals surface area (Å²) in [5, 5.41) is 11.9. The Kier molecular flexibility index (Phi) is 3.58. The number of aromatic nitrogens is 1. The molecule has 4 aromatic carbocycles. The van der Waals surface area contributed by atoms with Crippen molar-refractivity contribution in [2.45, 2.75) is 0 Å². The molecule has 0 saturated carbocycles. The molecule has 1 aromatic heterocycles. The molecule has 0 saturated heterocycles. The fraction of sp³-hybridized carbons (Fsp3) is 0. The Morgan fingerprint density at radius 1 is 0.556 bits per heavy atom. The average Bonchev–Trinajstić information content (AvgIpc) is 3.05. The summed E-state index contributed by atoms with van der Waals surface area (Å²) >= 11 is 0. The van der Waals surface area contributed by atoms with Crippen LogP contribution in [0.2, 0.25) is 0 Å². The van der Waals surface area contributed by atoms with Gasteiger partial charge in [-0.2, -0.15) is 0 Å². The summed E-state index contributed by atoms with van der Waals surface area (Å²) in [7, 11) is 0. The van der Waals surface area contributed by atoms with Gasteiger partial charge in [0.15, 0.2) is 0 Å². The molecule has 0 aliphatic rings. The number of rotatable bonds is 3. The Morgan fingerprint density at radius 2 is 1.04 bits per heavy atom. The van der Waals surface area contributed by atoms with Crippen LogP contribution in [0.3, 0.4) is 0 Å². The van der Waals surface area contributed by atoms with Crippen molar-refractivity contribution in [3.8, 4) is 22.9 Å². The molecule has 0 atom stereocenters. The van der Waals surface area contributed by atoms with Gasteiger partial charge in [-0.15, -0.1) is 0 Å². The van der Waals surface area contributed by atoms with Crippen LogP contribution >= 0.6 is 0 Å². The summed E-state index contributed by atoms with van der Waals surface area (Å²) in [5.41, 5.74) is 3.46. The molecule has 0 spiro atoms. The highest BCUT2D eigenvalue weighted by Crippen LogP contribution is 2.32. The Bertz CT molecular complexity index is 1180. The number of ether oxygens (including phenoxy) is 1. The quantitative estimate of drug-likeness (QED) is 0.415. The molecule has 0 aliphatic carbocycles. The molecule has 3 nitrogen and oxygen atoms in total. The molecule has 1 N–H and O–H groups in total. The van der Waals surface area contributed by atoms with Gasteiger partial charge in [-0.05, 0) is 60.7 Å². The highest BCUT2D eigenvalue weighted by atomic mass is 16.5. The van der Waals surface area contributed by atoms with E-state index in [0.29, 0.717) is 5.75 Å². The molecule has 0 bridgehead atoms. The number of para-hydroxylation sites is 2. The number of phenolic OH excluding ortho intramolecular Hbond substituents is 1. The molecule has 130 valence electrons. The van der Waals surface area contributed by atoms with Gasteiger partial charge in [0, 0.05) is 16.5 Å². The lowest BCUT2D eigenvalue weighted by atomic mass is 10.2. The summed E-state index contributed by atoms with van der Waals surface area (Å²) < 4.78 is 8.13. The van der Waals surface area contributed by atoms with Crippen molar-refractivity contribution in [3.63, 3.8) is 0 Å². The van der Waals surface area contributed by atoms with E-state index in [1.807, 2.05) is 12.1 Å². The van der Waals surface area contributed by atoms with E-state index in [1.165, 1.54) is 21.8 Å². The zero-order valence-corrected chi connectivity index (χ0v) is 14.5.